The number of pyridine rings is 3. The van der Waals surface area contributed by atoms with Crippen LogP contribution in [0.1, 0.15) is 159 Å². The first kappa shape index (κ1) is 68.3. The van der Waals surface area contributed by atoms with E-state index >= 15 is 0 Å². The minimum atomic E-state index is -2.99. The zero-order valence-electron chi connectivity index (χ0n) is 56.5. The van der Waals surface area contributed by atoms with Crippen molar-refractivity contribution in [3.8, 4) is 51.0 Å². The van der Waals surface area contributed by atoms with Crippen LogP contribution in [-0.2, 0) is 4.74 Å². The number of nitrogens with two attached hydrogens (primary N) is 3. The fraction of sp³-hybridized carbons (Fsp3) is 0.657. The Kier molecular flexibility index (Phi) is 19.2. The van der Waals surface area contributed by atoms with E-state index in [1.807, 2.05) is 29.5 Å². The quantitative estimate of drug-likeness (QED) is 0.0681. The summed E-state index contributed by atoms with van der Waals surface area (Å²) in [6.45, 7) is 12.9. The van der Waals surface area contributed by atoms with Gasteiger partial charge in [0.25, 0.3) is 5.92 Å². The average molecular weight is 1370 g/mol. The number of ether oxygens (including phenoxy) is 4. The first-order chi connectivity index (χ1) is 46.9. The number of nitrogen functional groups attached to an aromatic ring is 3. The Morgan fingerprint density at radius 3 is 1.19 bits per heavy atom. The number of halogens is 8. The fourth-order valence-corrected chi connectivity index (χ4v) is 18.2. The Morgan fingerprint density at radius 2 is 0.816 bits per heavy atom. The maximum atomic E-state index is 13.6. The second-order valence-corrected chi connectivity index (χ2v) is 29.8. The molecular weight excluding hydrogens is 1280 g/mol. The van der Waals surface area contributed by atoms with Gasteiger partial charge in [-0.15, -0.1) is 0 Å². The molecule has 6 aromatic heterocycles. The smallest absolute Gasteiger partial charge is 0.387 e. The van der Waals surface area contributed by atoms with Gasteiger partial charge >= 0.3 is 19.8 Å². The second kappa shape index (κ2) is 27.6. The molecule has 10 heterocycles. The molecular formula is C70H92F8N16O4. The van der Waals surface area contributed by atoms with Crippen LogP contribution in [0, 0.1) is 35.5 Å². The molecule has 0 aromatic carbocycles. The van der Waals surface area contributed by atoms with Crippen molar-refractivity contribution in [2.24, 2.45) is 35.5 Å². The van der Waals surface area contributed by atoms with Gasteiger partial charge in [-0.1, -0.05) is 0 Å². The highest BCUT2D eigenvalue weighted by Crippen LogP contribution is 2.67. The molecule has 0 amide bonds. The largest absolute Gasteiger partial charge is 0.431 e. The maximum Gasteiger partial charge on any atom is 0.387 e. The Balaban J connectivity index is 0.000000126. The van der Waals surface area contributed by atoms with Gasteiger partial charge in [0.1, 0.15) is 0 Å². The SMILES string of the molecule is CC(C)n1nc(-c2cnc(N)c(OC(F)F)c2)cc1C1[C@H]2CC(N3CCC(F)(F)C3)C[C@@H]12.CC(C)n1nc(-c2cnc(N)c(OC(F)F)c2)cc1C1[C@H]2CC(N3CCCOCC3)C[C@@H]12.CC(C)n1nc(-c2cnc(N)c(OC(F)F)c2)cc1C1[C@H]2CC(N3CCN4CCCC4C3)C[C@@H]12. The van der Waals surface area contributed by atoms with Gasteiger partial charge in [-0.25, -0.2) is 23.7 Å². The lowest BCUT2D eigenvalue weighted by atomic mass is 10.0. The van der Waals surface area contributed by atoms with Crippen LogP contribution in [0.4, 0.5) is 52.6 Å². The van der Waals surface area contributed by atoms with Crippen LogP contribution < -0.4 is 31.4 Å². The van der Waals surface area contributed by atoms with Gasteiger partial charge in [-0.05, 0) is 178 Å². The summed E-state index contributed by atoms with van der Waals surface area (Å²) in [6.07, 6.45) is 15.3. The molecule has 16 rings (SSSR count). The number of alkyl halides is 8. The fourth-order valence-electron chi connectivity index (χ4n) is 18.2. The summed E-state index contributed by atoms with van der Waals surface area (Å²) < 4.78 is 129. The number of hydrogen-bond donors (Lipinski definition) is 3. The van der Waals surface area contributed by atoms with Crippen molar-refractivity contribution in [2.45, 2.75) is 192 Å². The minimum Gasteiger partial charge on any atom is -0.431 e. The highest BCUT2D eigenvalue weighted by atomic mass is 19.3. The molecule has 0 radical (unpaired) electrons. The van der Waals surface area contributed by atoms with Crippen molar-refractivity contribution >= 4 is 17.5 Å². The van der Waals surface area contributed by atoms with E-state index in [-0.39, 0.29) is 71.8 Å². The maximum absolute atomic E-state index is 13.6. The number of hydrogen-bond acceptors (Lipinski definition) is 17. The predicted octanol–water partition coefficient (Wildman–Crippen LogP) is 12.4. The molecule has 20 nitrogen and oxygen atoms in total. The Morgan fingerprint density at radius 1 is 0.449 bits per heavy atom. The highest BCUT2D eigenvalue weighted by molar-refractivity contribution is 5.67. The Bertz CT molecular complexity index is 3610. The van der Waals surface area contributed by atoms with Crippen LogP contribution in [0.3, 0.4) is 0 Å². The van der Waals surface area contributed by atoms with Crippen LogP contribution in [0.15, 0.2) is 55.0 Å². The Hall–Kier alpha value is -6.88. The molecule has 98 heavy (non-hydrogen) atoms. The third-order valence-corrected chi connectivity index (χ3v) is 22.9. The van der Waals surface area contributed by atoms with Crippen molar-refractivity contribution in [3.63, 3.8) is 0 Å². The van der Waals surface area contributed by atoms with E-state index < -0.39 is 25.8 Å². The zero-order chi connectivity index (χ0) is 68.7. The first-order valence-corrected chi connectivity index (χ1v) is 35.3. The number of aromatic nitrogens is 9. The molecule has 6 saturated carbocycles. The summed E-state index contributed by atoms with van der Waals surface area (Å²) >= 11 is 0. The molecule has 13 atom stereocenters. The van der Waals surface area contributed by atoms with Gasteiger partial charge in [0.15, 0.2) is 34.7 Å². The number of nitrogens with zero attached hydrogens (tertiary/aromatic N) is 13. The van der Waals surface area contributed by atoms with Crippen molar-refractivity contribution in [2.75, 3.05) is 82.8 Å². The van der Waals surface area contributed by atoms with E-state index in [1.165, 1.54) is 100 Å². The summed E-state index contributed by atoms with van der Waals surface area (Å²) in [5, 5.41) is 14.4. The molecule has 6 N–H and O–H groups in total. The summed E-state index contributed by atoms with van der Waals surface area (Å²) in [7, 11) is 0. The number of anilines is 3. The van der Waals surface area contributed by atoms with E-state index in [0.29, 0.717) is 82.1 Å². The molecule has 6 aliphatic carbocycles. The summed E-state index contributed by atoms with van der Waals surface area (Å²) in [5.74, 6) is 1.97. The van der Waals surface area contributed by atoms with E-state index in [1.54, 1.807) is 12.4 Å². The van der Waals surface area contributed by atoms with Gasteiger partial charge in [-0.2, -0.15) is 41.6 Å². The van der Waals surface area contributed by atoms with Crippen molar-refractivity contribution in [1.82, 2.24) is 63.9 Å². The molecule has 10 aliphatic rings. The second-order valence-electron chi connectivity index (χ2n) is 29.8. The van der Waals surface area contributed by atoms with Crippen LogP contribution in [0.2, 0.25) is 0 Å². The Labute approximate surface area is 566 Å². The first-order valence-electron chi connectivity index (χ1n) is 35.3. The normalized spacial score (nSPS) is 29.6. The van der Waals surface area contributed by atoms with Crippen molar-refractivity contribution in [1.29, 1.82) is 0 Å². The van der Waals surface area contributed by atoms with Crippen LogP contribution in [0.25, 0.3) is 33.8 Å². The molecule has 4 aliphatic heterocycles. The van der Waals surface area contributed by atoms with Gasteiger partial charge < -0.3 is 36.1 Å². The number of rotatable bonds is 18. The topological polar surface area (TPSA) is 220 Å². The molecule has 532 valence electrons. The van der Waals surface area contributed by atoms with Gasteiger partial charge in [0, 0.05) is 165 Å². The van der Waals surface area contributed by atoms with Crippen LogP contribution in [0.5, 0.6) is 17.2 Å². The van der Waals surface area contributed by atoms with Crippen molar-refractivity contribution in [3.05, 3.63) is 72.1 Å². The zero-order valence-corrected chi connectivity index (χ0v) is 56.5. The molecule has 4 saturated heterocycles. The lowest BCUT2D eigenvalue weighted by Gasteiger charge is -2.41. The number of piperazine rings is 1. The number of fused-ring (bicyclic) bond motifs is 4. The van der Waals surface area contributed by atoms with Gasteiger partial charge in [-0.3, -0.25) is 33.6 Å². The molecule has 0 spiro atoms. The summed E-state index contributed by atoms with van der Waals surface area (Å²) in [4.78, 5) is 22.1. The van der Waals surface area contributed by atoms with E-state index in [2.05, 4.69) is 93.1 Å². The van der Waals surface area contributed by atoms with Gasteiger partial charge in [0.2, 0.25) is 0 Å². The lowest BCUT2D eigenvalue weighted by molar-refractivity contribution is -0.0501. The highest BCUT2D eigenvalue weighted by Gasteiger charge is 2.62. The third-order valence-electron chi connectivity index (χ3n) is 22.9. The number of likely N-dealkylation sites (tertiary alicyclic amines) is 1. The lowest BCUT2D eigenvalue weighted by Crippen LogP contribution is -2.53. The standard InChI is InChI=1S/C25H34F2N6O.C23H31F2N5O2.C22H27F4N5O/c1-14(2)33-21(11-20(30-33)15-8-22(34-25(26)27)24(28)29-12-15)23-18-9-17(10-19(18)23)32-7-6-31-5-3-4-16(31)13-32;1-13(2)30-19(11-18(28-30)14-8-20(32-23(24)25)22(26)27-12-14)21-16-9-15(10-17(16)21)29-4-3-6-31-7-5-29;1-11(2)31-17(8-16(29-31)12-5-18(32-21(23)24)20(27)28-9-12)19-14-6-13(7-15(14)19)30-4-3-22(25,26)10-30/h8,11-12,14,16-19,23,25H,3-7,9-10,13H2,1-2H3,(H2,28,29);8,11-13,15-17,21,23H,3-7,9-10H2,1-2H3,(H2,26,27);5,8-9,11,13-15,19,21H,3-4,6-7,10H2,1-2H3,(H2,27,28)/t16?,17?,18-,19+,23?;15?,16-,17+,21?;13?,14-,15+,19?. The monoisotopic (exact) mass is 1370 g/mol. The average Bonchev–Trinajstić information content (AvgIpc) is 1.57. The molecule has 10 fully saturated rings. The predicted molar refractivity (Wildman–Crippen MR) is 353 cm³/mol. The summed E-state index contributed by atoms with van der Waals surface area (Å²) in [5.41, 5.74) is 24.6. The third kappa shape index (κ3) is 14.2. The molecule has 7 unspecified atom stereocenters. The van der Waals surface area contributed by atoms with Crippen LogP contribution >= 0.6 is 0 Å². The van der Waals surface area contributed by atoms with E-state index in [0.717, 1.165) is 80.9 Å². The molecule has 0 bridgehead atoms. The molecule has 28 heteroatoms. The molecule has 6 aromatic rings. The summed E-state index contributed by atoms with van der Waals surface area (Å²) in [6, 6.07) is 13.6. The van der Waals surface area contributed by atoms with Gasteiger partial charge in [0.05, 0.1) is 30.2 Å². The minimum absolute atomic E-state index is 0.0430. The van der Waals surface area contributed by atoms with Crippen LogP contribution in [-0.4, -0.2) is 179 Å². The van der Waals surface area contributed by atoms with E-state index in [4.69, 9.17) is 37.2 Å². The van der Waals surface area contributed by atoms with E-state index in [9.17, 15) is 35.1 Å². The van der Waals surface area contributed by atoms with Crippen molar-refractivity contribution < 1.29 is 54.1 Å².